The number of esters is 2. The number of ether oxygens (including phenoxy) is 12. The van der Waals surface area contributed by atoms with Crippen molar-refractivity contribution in [3.05, 3.63) is 94.0 Å². The first kappa shape index (κ1) is 54.4. The van der Waals surface area contributed by atoms with E-state index in [1.54, 1.807) is 56.9 Å². The molecule has 4 aromatic carbocycles. The van der Waals surface area contributed by atoms with Gasteiger partial charge in [-0.3, -0.25) is 19.4 Å². The van der Waals surface area contributed by atoms with Crippen molar-refractivity contribution in [2.45, 2.75) is 75.7 Å². The molecule has 2 aliphatic rings. The van der Waals surface area contributed by atoms with Crippen LogP contribution in [-0.4, -0.2) is 143 Å². The van der Waals surface area contributed by atoms with Crippen LogP contribution in [0.5, 0.6) is 46.0 Å². The van der Waals surface area contributed by atoms with E-state index in [1.165, 1.54) is 0 Å². The summed E-state index contributed by atoms with van der Waals surface area (Å²) < 4.78 is 66.7. The lowest BCUT2D eigenvalue weighted by Gasteiger charge is -2.39. The summed E-state index contributed by atoms with van der Waals surface area (Å²) in [5.74, 6) is 3.48. The van der Waals surface area contributed by atoms with E-state index in [2.05, 4.69) is 9.80 Å². The summed E-state index contributed by atoms with van der Waals surface area (Å²) in [4.78, 5) is 54.7. The topological polar surface area (TPSA) is 186 Å². The highest BCUT2D eigenvalue weighted by Gasteiger charge is 2.36. The summed E-state index contributed by atoms with van der Waals surface area (Å²) in [5.41, 5.74) is 6.09. The Kier molecular flexibility index (Phi) is 20.4. The second-order valence-electron chi connectivity index (χ2n) is 17.3. The second kappa shape index (κ2) is 27.1. The Morgan fingerprint density at radius 2 is 0.833 bits per heavy atom. The first-order valence-corrected chi connectivity index (χ1v) is 24.0. The van der Waals surface area contributed by atoms with Crippen LogP contribution in [0.4, 0.5) is 0 Å². The summed E-state index contributed by atoms with van der Waals surface area (Å²) in [7, 11) is 12.7. The average Bonchev–Trinajstić information content (AvgIpc) is 3.41. The average molecular weight is 1000 g/mol. The Balaban J connectivity index is 1.02. The third kappa shape index (κ3) is 13.5. The summed E-state index contributed by atoms with van der Waals surface area (Å²) in [6, 6.07) is 18.9. The highest BCUT2D eigenvalue weighted by molar-refractivity contribution is 5.77. The minimum Gasteiger partial charge on any atom is -0.493 e. The monoisotopic (exact) mass is 1000 g/mol. The van der Waals surface area contributed by atoms with Crippen LogP contribution in [0.25, 0.3) is 0 Å². The molecule has 18 nitrogen and oxygen atoms in total. The number of hydrogen-bond acceptors (Lipinski definition) is 18. The van der Waals surface area contributed by atoms with Gasteiger partial charge in [0.2, 0.25) is 12.2 Å². The number of benzene rings is 4. The molecule has 4 unspecified atom stereocenters. The Morgan fingerprint density at radius 1 is 0.486 bits per heavy atom. The van der Waals surface area contributed by atoms with Crippen LogP contribution in [0.1, 0.15) is 71.1 Å². The van der Waals surface area contributed by atoms with E-state index >= 15 is 0 Å². The first-order valence-electron chi connectivity index (χ1n) is 24.0. The van der Waals surface area contributed by atoms with E-state index in [0.717, 1.165) is 33.4 Å². The zero-order valence-corrected chi connectivity index (χ0v) is 42.6. The number of unbranched alkanes of at least 4 members (excludes halogenated alkanes) is 3. The Morgan fingerprint density at radius 3 is 1.18 bits per heavy atom. The lowest BCUT2D eigenvalue weighted by molar-refractivity contribution is -0.163. The molecule has 0 radical (unpaired) electrons. The Bertz CT molecular complexity index is 2280. The minimum absolute atomic E-state index is 0.0943. The van der Waals surface area contributed by atoms with Gasteiger partial charge in [0.1, 0.15) is 0 Å². The van der Waals surface area contributed by atoms with Crippen LogP contribution >= 0.6 is 0 Å². The Hall–Kier alpha value is -6.92. The van der Waals surface area contributed by atoms with Crippen LogP contribution in [-0.2, 0) is 63.8 Å². The van der Waals surface area contributed by atoms with Gasteiger partial charge in [-0.1, -0.05) is 12.1 Å². The summed E-state index contributed by atoms with van der Waals surface area (Å²) in [6.07, 6.45) is 2.42. The maximum Gasteiger partial charge on any atom is 0.348 e. The number of fused-ring (bicyclic) bond motifs is 2. The number of carbonyl (C=O) groups is 4. The van der Waals surface area contributed by atoms with Crippen LogP contribution in [0.15, 0.2) is 60.7 Å². The van der Waals surface area contributed by atoms with Gasteiger partial charge in [-0.15, -0.1) is 0 Å². The van der Waals surface area contributed by atoms with Crippen molar-refractivity contribution in [1.82, 2.24) is 9.80 Å². The molecular formula is C54H68N2O16. The number of nitrogens with zero attached hydrogens (tertiary/aromatic N) is 2. The molecule has 0 aliphatic carbocycles. The molecule has 2 heterocycles. The SMILES string of the molecule is COc1ccc(CC2c3cc(OC)c(OC)cc3CCN2CC(OC=O)C(=O)OCCCCCCOC(=O)C(CN2CCc3cc(OC)c(OC)cc3C2Cc2ccc(OC)c(OC)c2)OC=O)cc1OC. The fourth-order valence-corrected chi connectivity index (χ4v) is 9.53. The molecule has 2 aliphatic heterocycles. The molecule has 72 heavy (non-hydrogen) atoms. The maximum absolute atomic E-state index is 13.5. The zero-order valence-electron chi connectivity index (χ0n) is 42.6. The van der Waals surface area contributed by atoms with Gasteiger partial charge in [0.05, 0.1) is 70.1 Å². The molecule has 0 aromatic heterocycles. The molecule has 18 heteroatoms. The van der Waals surface area contributed by atoms with E-state index in [9.17, 15) is 19.2 Å². The molecule has 0 spiro atoms. The largest absolute Gasteiger partial charge is 0.493 e. The van der Waals surface area contributed by atoms with Gasteiger partial charge in [0.15, 0.2) is 46.0 Å². The standard InChI is InChI=1S/C54H68N2O16/c1-61-43-15-13-35(25-45(43)63-3)23-41-39-29-49(67-7)47(65-5)27-37(39)17-19-55(41)31-51(71-33-57)53(59)69-21-11-9-10-12-22-70-54(60)52(72-34-58)32-56-20-18-38-28-48(66-6)50(68-8)30-40(38)42(56)24-36-14-16-44(62-2)46(26-36)64-4/h13-16,25-30,33-34,41-42,51-52H,9-12,17-24,31-32H2,1-8H3. The van der Waals surface area contributed by atoms with Gasteiger partial charge >= 0.3 is 11.9 Å². The number of carbonyl (C=O) groups excluding carboxylic acids is 4. The fourth-order valence-electron chi connectivity index (χ4n) is 9.53. The van der Waals surface area contributed by atoms with E-state index in [1.807, 2.05) is 60.7 Å². The van der Waals surface area contributed by atoms with Crippen LogP contribution < -0.4 is 37.9 Å². The van der Waals surface area contributed by atoms with Gasteiger partial charge in [0.25, 0.3) is 12.9 Å². The normalized spacial score (nSPS) is 16.1. The molecule has 6 rings (SSSR count). The Labute approximate surface area is 421 Å². The van der Waals surface area contributed by atoms with Gasteiger partial charge in [0, 0.05) is 38.3 Å². The molecule has 390 valence electrons. The third-order valence-corrected chi connectivity index (χ3v) is 13.3. The van der Waals surface area contributed by atoms with Crippen LogP contribution in [0.3, 0.4) is 0 Å². The van der Waals surface area contributed by atoms with Crippen molar-refractivity contribution >= 4 is 24.9 Å². The molecule has 4 atom stereocenters. The molecule has 0 fully saturated rings. The van der Waals surface area contributed by atoms with Crippen molar-refractivity contribution in [2.75, 3.05) is 96.3 Å². The summed E-state index contributed by atoms with van der Waals surface area (Å²) in [6.45, 7) is 2.07. The molecular weight excluding hydrogens is 933 g/mol. The van der Waals surface area contributed by atoms with E-state index in [0.29, 0.717) is 110 Å². The zero-order chi connectivity index (χ0) is 51.6. The van der Waals surface area contributed by atoms with Gasteiger partial charge < -0.3 is 56.8 Å². The van der Waals surface area contributed by atoms with Gasteiger partial charge in [-0.05, 0) is 133 Å². The van der Waals surface area contributed by atoms with Crippen molar-refractivity contribution in [2.24, 2.45) is 0 Å². The molecule has 0 bridgehead atoms. The quantitative estimate of drug-likeness (QED) is 0.0249. The van der Waals surface area contributed by atoms with Gasteiger partial charge in [-0.25, -0.2) is 9.59 Å². The lowest BCUT2D eigenvalue weighted by Crippen LogP contribution is -2.45. The van der Waals surface area contributed by atoms with Crippen LogP contribution in [0, 0.1) is 0 Å². The van der Waals surface area contributed by atoms with Crippen LogP contribution in [0.2, 0.25) is 0 Å². The summed E-state index contributed by atoms with van der Waals surface area (Å²) in [5, 5.41) is 0. The van der Waals surface area contributed by atoms with Crippen molar-refractivity contribution < 1.29 is 76.0 Å². The fraction of sp³-hybridized carbons (Fsp3) is 0.481. The van der Waals surface area contributed by atoms with Crippen molar-refractivity contribution in [3.63, 3.8) is 0 Å². The highest BCUT2D eigenvalue weighted by atomic mass is 16.6. The maximum atomic E-state index is 13.5. The molecule has 4 aromatic rings. The molecule has 0 saturated heterocycles. The lowest BCUT2D eigenvalue weighted by atomic mass is 9.87. The highest BCUT2D eigenvalue weighted by Crippen LogP contribution is 2.42. The van der Waals surface area contributed by atoms with Crippen molar-refractivity contribution in [1.29, 1.82) is 0 Å². The minimum atomic E-state index is -1.18. The second-order valence-corrected chi connectivity index (χ2v) is 17.3. The predicted molar refractivity (Wildman–Crippen MR) is 264 cm³/mol. The number of rotatable bonds is 29. The molecule has 0 N–H and O–H groups in total. The van der Waals surface area contributed by atoms with Crippen molar-refractivity contribution in [3.8, 4) is 46.0 Å². The third-order valence-electron chi connectivity index (χ3n) is 13.3. The predicted octanol–water partition coefficient (Wildman–Crippen LogP) is 6.47. The van der Waals surface area contributed by atoms with E-state index < -0.39 is 24.1 Å². The molecule has 0 amide bonds. The van der Waals surface area contributed by atoms with E-state index in [-0.39, 0.29) is 51.3 Å². The molecule has 0 saturated carbocycles. The summed E-state index contributed by atoms with van der Waals surface area (Å²) >= 11 is 0. The first-order chi connectivity index (χ1) is 35.1. The smallest absolute Gasteiger partial charge is 0.348 e. The van der Waals surface area contributed by atoms with E-state index in [4.69, 9.17) is 56.8 Å². The van der Waals surface area contributed by atoms with Gasteiger partial charge in [-0.2, -0.15) is 0 Å². The number of methoxy groups -OCH3 is 8. The number of hydrogen-bond donors (Lipinski definition) is 0.